The lowest BCUT2D eigenvalue weighted by Gasteiger charge is -2.29. The number of nitrogens with zero attached hydrogens (tertiary/aromatic N) is 1. The monoisotopic (exact) mass is 200 g/mol. The number of hydrogen-bond acceptors (Lipinski definition) is 2. The molecule has 86 valence electrons. The molecular weight excluding hydrogens is 172 g/mol. The Hall–Kier alpha value is -0.0800. The molecule has 0 fully saturated rings. The molecule has 0 saturated heterocycles. The molecule has 14 heavy (non-hydrogen) atoms. The maximum atomic E-state index is 3.41. The third-order valence-corrected chi connectivity index (χ3v) is 3.10. The Bertz CT molecular complexity index is 111. The van der Waals surface area contributed by atoms with Gasteiger partial charge in [0.2, 0.25) is 0 Å². The highest BCUT2D eigenvalue weighted by atomic mass is 15.1. The normalized spacial score (nSPS) is 15.9. The van der Waals surface area contributed by atoms with Crippen molar-refractivity contribution in [2.75, 3.05) is 26.7 Å². The zero-order chi connectivity index (χ0) is 11.0. The van der Waals surface area contributed by atoms with Crippen molar-refractivity contribution in [1.82, 2.24) is 10.2 Å². The molecule has 0 spiro atoms. The molecule has 0 bridgehead atoms. The number of rotatable bonds is 8. The summed E-state index contributed by atoms with van der Waals surface area (Å²) in [6.07, 6.45) is 2.60. The molecular formula is C12H28N2. The Labute approximate surface area is 90.1 Å². The van der Waals surface area contributed by atoms with Gasteiger partial charge in [-0.1, -0.05) is 27.2 Å². The number of nitrogens with one attached hydrogen (secondary N) is 1. The predicted octanol–water partition coefficient (Wildman–Crippen LogP) is 2.35. The van der Waals surface area contributed by atoms with Crippen LogP contribution in [-0.4, -0.2) is 37.6 Å². The summed E-state index contributed by atoms with van der Waals surface area (Å²) in [5.74, 6) is 0.733. The summed E-state index contributed by atoms with van der Waals surface area (Å²) in [5.41, 5.74) is 0. The fourth-order valence-electron chi connectivity index (χ4n) is 1.59. The van der Waals surface area contributed by atoms with Crippen molar-refractivity contribution in [3.05, 3.63) is 0 Å². The van der Waals surface area contributed by atoms with Gasteiger partial charge in [0.05, 0.1) is 0 Å². The van der Waals surface area contributed by atoms with E-state index in [-0.39, 0.29) is 0 Å². The Balaban J connectivity index is 3.72. The lowest BCUT2D eigenvalue weighted by Crippen LogP contribution is -2.39. The first-order valence-corrected chi connectivity index (χ1v) is 6.04. The number of unbranched alkanes of at least 4 members (excludes halogenated alkanes) is 1. The van der Waals surface area contributed by atoms with Gasteiger partial charge in [0, 0.05) is 6.04 Å². The van der Waals surface area contributed by atoms with Crippen LogP contribution in [0.1, 0.15) is 40.5 Å². The maximum Gasteiger partial charge on any atom is 0.0102 e. The van der Waals surface area contributed by atoms with Crippen LogP contribution in [0.4, 0.5) is 0 Å². The van der Waals surface area contributed by atoms with E-state index in [0.717, 1.165) is 19.0 Å². The van der Waals surface area contributed by atoms with Crippen LogP contribution in [0, 0.1) is 5.92 Å². The van der Waals surface area contributed by atoms with Crippen LogP contribution in [0.3, 0.4) is 0 Å². The van der Waals surface area contributed by atoms with Crippen LogP contribution >= 0.6 is 0 Å². The topological polar surface area (TPSA) is 15.3 Å². The van der Waals surface area contributed by atoms with Gasteiger partial charge in [-0.25, -0.2) is 0 Å². The average molecular weight is 200 g/mol. The van der Waals surface area contributed by atoms with Crippen molar-refractivity contribution in [3.63, 3.8) is 0 Å². The third-order valence-electron chi connectivity index (χ3n) is 3.10. The minimum absolute atomic E-state index is 0.681. The largest absolute Gasteiger partial charge is 0.317 e. The van der Waals surface area contributed by atoms with Gasteiger partial charge in [0.1, 0.15) is 0 Å². The summed E-state index contributed by atoms with van der Waals surface area (Å²) in [6.45, 7) is 12.5. The van der Waals surface area contributed by atoms with Gasteiger partial charge in [-0.2, -0.15) is 0 Å². The number of hydrogen-bond donors (Lipinski definition) is 1. The lowest BCUT2D eigenvalue weighted by molar-refractivity contribution is 0.194. The molecule has 0 heterocycles. The van der Waals surface area contributed by atoms with Crippen LogP contribution in [0.25, 0.3) is 0 Å². The van der Waals surface area contributed by atoms with Gasteiger partial charge in [-0.3, -0.25) is 0 Å². The molecule has 1 N–H and O–H groups in total. The van der Waals surface area contributed by atoms with Crippen molar-refractivity contribution in [1.29, 1.82) is 0 Å². The molecule has 2 nitrogen and oxygen atoms in total. The first-order chi connectivity index (χ1) is 6.63. The summed E-state index contributed by atoms with van der Waals surface area (Å²) >= 11 is 0. The molecule has 0 aromatic heterocycles. The van der Waals surface area contributed by atoms with Crippen LogP contribution in [0.5, 0.6) is 0 Å². The molecule has 0 aliphatic rings. The zero-order valence-corrected chi connectivity index (χ0v) is 10.6. The summed E-state index contributed by atoms with van der Waals surface area (Å²) in [7, 11) is 2.24. The van der Waals surface area contributed by atoms with E-state index < -0.39 is 0 Å². The van der Waals surface area contributed by atoms with Gasteiger partial charge in [0.25, 0.3) is 0 Å². The van der Waals surface area contributed by atoms with Crippen molar-refractivity contribution < 1.29 is 0 Å². The highest BCUT2D eigenvalue weighted by Gasteiger charge is 2.15. The summed E-state index contributed by atoms with van der Waals surface area (Å²) < 4.78 is 0. The second kappa shape index (κ2) is 8.25. The average Bonchev–Trinajstić information content (AvgIpc) is 2.21. The van der Waals surface area contributed by atoms with Gasteiger partial charge < -0.3 is 10.2 Å². The molecule has 0 aliphatic heterocycles. The van der Waals surface area contributed by atoms with Gasteiger partial charge in [-0.05, 0) is 45.9 Å². The van der Waals surface area contributed by atoms with E-state index in [1.807, 2.05) is 0 Å². The minimum Gasteiger partial charge on any atom is -0.317 e. The Morgan fingerprint density at radius 1 is 1.21 bits per heavy atom. The van der Waals surface area contributed by atoms with Gasteiger partial charge >= 0.3 is 0 Å². The lowest BCUT2D eigenvalue weighted by atomic mass is 10.0. The first kappa shape index (κ1) is 13.9. The highest BCUT2D eigenvalue weighted by molar-refractivity contribution is 4.71. The Morgan fingerprint density at radius 2 is 1.86 bits per heavy atom. The van der Waals surface area contributed by atoms with E-state index >= 15 is 0 Å². The Kier molecular flexibility index (Phi) is 8.20. The van der Waals surface area contributed by atoms with Gasteiger partial charge in [-0.15, -0.1) is 0 Å². The molecule has 2 atom stereocenters. The Morgan fingerprint density at radius 3 is 2.36 bits per heavy atom. The standard InChI is InChI=1S/C12H28N2/c1-6-8-9-14(5)12(4)11(3)10-13-7-2/h11-13H,6-10H2,1-5H3. The third kappa shape index (κ3) is 5.61. The molecule has 0 aromatic carbocycles. The zero-order valence-electron chi connectivity index (χ0n) is 10.6. The molecule has 0 amide bonds. The van der Waals surface area contributed by atoms with Crippen LogP contribution in [0.15, 0.2) is 0 Å². The fraction of sp³-hybridized carbons (Fsp3) is 1.00. The van der Waals surface area contributed by atoms with Gasteiger partial charge in [0.15, 0.2) is 0 Å². The fourth-order valence-corrected chi connectivity index (χ4v) is 1.59. The second-order valence-electron chi connectivity index (χ2n) is 4.36. The molecule has 0 radical (unpaired) electrons. The molecule has 2 unspecified atom stereocenters. The minimum atomic E-state index is 0.681. The van der Waals surface area contributed by atoms with E-state index in [4.69, 9.17) is 0 Å². The first-order valence-electron chi connectivity index (χ1n) is 6.04. The second-order valence-corrected chi connectivity index (χ2v) is 4.36. The van der Waals surface area contributed by atoms with Crippen molar-refractivity contribution in [3.8, 4) is 0 Å². The molecule has 0 aliphatic carbocycles. The quantitative estimate of drug-likeness (QED) is 0.647. The van der Waals surface area contributed by atoms with Crippen molar-refractivity contribution in [2.24, 2.45) is 5.92 Å². The molecule has 0 rings (SSSR count). The van der Waals surface area contributed by atoms with E-state index in [0.29, 0.717) is 6.04 Å². The summed E-state index contributed by atoms with van der Waals surface area (Å²) in [4.78, 5) is 2.48. The van der Waals surface area contributed by atoms with E-state index in [2.05, 4.69) is 45.0 Å². The summed E-state index contributed by atoms with van der Waals surface area (Å²) in [6, 6.07) is 0.681. The van der Waals surface area contributed by atoms with E-state index in [9.17, 15) is 0 Å². The molecule has 2 heteroatoms. The summed E-state index contributed by atoms with van der Waals surface area (Å²) in [5, 5.41) is 3.41. The molecule has 0 aromatic rings. The van der Waals surface area contributed by atoms with Crippen LogP contribution in [0.2, 0.25) is 0 Å². The smallest absolute Gasteiger partial charge is 0.0102 e. The van der Waals surface area contributed by atoms with E-state index in [1.54, 1.807) is 0 Å². The van der Waals surface area contributed by atoms with Crippen molar-refractivity contribution in [2.45, 2.75) is 46.6 Å². The van der Waals surface area contributed by atoms with Crippen LogP contribution < -0.4 is 5.32 Å². The highest BCUT2D eigenvalue weighted by Crippen LogP contribution is 2.09. The van der Waals surface area contributed by atoms with Crippen LogP contribution in [-0.2, 0) is 0 Å². The SMILES string of the molecule is CCCCN(C)C(C)C(C)CNCC. The predicted molar refractivity (Wildman–Crippen MR) is 64.7 cm³/mol. The van der Waals surface area contributed by atoms with Crippen molar-refractivity contribution >= 4 is 0 Å². The maximum absolute atomic E-state index is 3.41. The van der Waals surface area contributed by atoms with E-state index in [1.165, 1.54) is 19.4 Å². The molecule has 0 saturated carbocycles.